The molecule has 0 radical (unpaired) electrons. The molecule has 3 aliphatic carbocycles. The molecule has 2 bridgehead atoms. The third-order valence-electron chi connectivity index (χ3n) is 8.56. The molecule has 7 nitrogen and oxygen atoms in total. The van der Waals surface area contributed by atoms with Crippen molar-refractivity contribution in [3.05, 3.63) is 75.5 Å². The van der Waals surface area contributed by atoms with E-state index in [0.717, 1.165) is 34.1 Å². The predicted octanol–water partition coefficient (Wildman–Crippen LogP) is 5.88. The van der Waals surface area contributed by atoms with Gasteiger partial charge in [-0.25, -0.2) is 0 Å². The van der Waals surface area contributed by atoms with Crippen molar-refractivity contribution in [3.8, 4) is 0 Å². The molecule has 2 heterocycles. The van der Waals surface area contributed by atoms with Crippen molar-refractivity contribution in [2.45, 2.75) is 63.9 Å². The normalized spacial score (nSPS) is 27.0. The second-order valence-electron chi connectivity index (χ2n) is 11.1. The number of benzene rings is 2. The topological polar surface area (TPSA) is 86.8 Å². The SMILES string of the molecule is Cc1cc(CSNC(Cc2coc3ccccc23)B2OC3CC4CC(C3O2)C4(C)C)cc([N+](=O)[O-])c1. The molecule has 9 heteroatoms. The van der Waals surface area contributed by atoms with E-state index in [4.69, 9.17) is 13.7 Å². The second kappa shape index (κ2) is 9.21. The average Bonchev–Trinajstić information content (AvgIpc) is 3.47. The molecule has 1 saturated heterocycles. The quantitative estimate of drug-likeness (QED) is 0.177. The molecule has 188 valence electrons. The molecule has 4 fully saturated rings. The van der Waals surface area contributed by atoms with E-state index in [1.165, 1.54) is 18.4 Å². The van der Waals surface area contributed by atoms with Gasteiger partial charge in [-0.2, -0.15) is 0 Å². The molecule has 0 amide bonds. The van der Waals surface area contributed by atoms with E-state index < -0.39 is 0 Å². The number of furan rings is 1. The number of non-ortho nitro benzene ring substituents is 1. The maximum Gasteiger partial charge on any atom is 0.477 e. The largest absolute Gasteiger partial charge is 0.477 e. The molecule has 1 N–H and O–H groups in total. The maximum absolute atomic E-state index is 11.3. The van der Waals surface area contributed by atoms with Gasteiger partial charge in [-0.1, -0.05) is 50.1 Å². The molecule has 0 spiro atoms. The molecular formula is C27H31BN2O5S. The molecule has 3 aromatic rings. The number of para-hydroxylation sites is 1. The van der Waals surface area contributed by atoms with Crippen LogP contribution in [-0.2, 0) is 21.5 Å². The minimum Gasteiger partial charge on any atom is -0.464 e. The first-order valence-electron chi connectivity index (χ1n) is 12.7. The fraction of sp³-hybridized carbons (Fsp3) is 0.481. The number of hydrogen-bond donors (Lipinski definition) is 1. The van der Waals surface area contributed by atoms with Crippen LogP contribution in [0.25, 0.3) is 11.0 Å². The first-order chi connectivity index (χ1) is 17.3. The fourth-order valence-electron chi connectivity index (χ4n) is 6.43. The van der Waals surface area contributed by atoms with Crippen LogP contribution in [0.5, 0.6) is 0 Å². The van der Waals surface area contributed by atoms with E-state index in [2.05, 4.69) is 24.6 Å². The lowest BCUT2D eigenvalue weighted by molar-refractivity contribution is -0.384. The van der Waals surface area contributed by atoms with Gasteiger partial charge in [-0.05, 0) is 66.2 Å². The van der Waals surface area contributed by atoms with Crippen LogP contribution in [0.4, 0.5) is 5.69 Å². The van der Waals surface area contributed by atoms with Crippen molar-refractivity contribution in [1.29, 1.82) is 0 Å². The van der Waals surface area contributed by atoms with Crippen LogP contribution >= 0.6 is 11.9 Å². The Bertz CT molecular complexity index is 1300. The molecule has 4 aliphatic rings. The lowest BCUT2D eigenvalue weighted by Gasteiger charge is -2.60. The number of nitrogens with one attached hydrogen (secondary N) is 1. The summed E-state index contributed by atoms with van der Waals surface area (Å²) in [6, 6.07) is 13.3. The molecular weight excluding hydrogens is 475 g/mol. The lowest BCUT2D eigenvalue weighted by Crippen LogP contribution is -2.59. The van der Waals surface area contributed by atoms with Gasteiger partial charge in [0.25, 0.3) is 5.69 Å². The number of nitro groups is 1. The zero-order chi connectivity index (χ0) is 25.0. The van der Waals surface area contributed by atoms with Crippen LogP contribution in [0.15, 0.2) is 53.1 Å². The van der Waals surface area contributed by atoms with Gasteiger partial charge in [0.2, 0.25) is 0 Å². The van der Waals surface area contributed by atoms with Crippen molar-refractivity contribution in [2.75, 3.05) is 0 Å². The lowest BCUT2D eigenvalue weighted by atomic mass is 9.47. The summed E-state index contributed by atoms with van der Waals surface area (Å²) < 4.78 is 22.6. The zero-order valence-electron chi connectivity index (χ0n) is 20.8. The van der Waals surface area contributed by atoms with Crippen molar-refractivity contribution < 1.29 is 18.6 Å². The molecule has 5 atom stereocenters. The molecule has 1 aliphatic heterocycles. The molecule has 5 unspecified atom stereocenters. The first-order valence-corrected chi connectivity index (χ1v) is 13.7. The Morgan fingerprint density at radius 3 is 2.86 bits per heavy atom. The van der Waals surface area contributed by atoms with Crippen molar-refractivity contribution >= 4 is 35.7 Å². The van der Waals surface area contributed by atoms with Crippen LogP contribution in [0, 0.1) is 34.3 Å². The highest BCUT2D eigenvalue weighted by atomic mass is 32.2. The van der Waals surface area contributed by atoms with Crippen LogP contribution in [0.2, 0.25) is 0 Å². The van der Waals surface area contributed by atoms with E-state index >= 15 is 0 Å². The number of nitrogens with zero attached hydrogens (tertiary/aromatic N) is 1. The van der Waals surface area contributed by atoms with Gasteiger partial charge in [0.05, 0.1) is 29.3 Å². The van der Waals surface area contributed by atoms with Gasteiger partial charge >= 0.3 is 7.12 Å². The summed E-state index contributed by atoms with van der Waals surface area (Å²) in [5.74, 6) is 1.76. The molecule has 1 aromatic heterocycles. The van der Waals surface area contributed by atoms with E-state index in [1.807, 2.05) is 37.5 Å². The monoisotopic (exact) mass is 506 g/mol. The van der Waals surface area contributed by atoms with E-state index in [1.54, 1.807) is 12.1 Å². The number of aryl methyl sites for hydroxylation is 1. The summed E-state index contributed by atoms with van der Waals surface area (Å²) in [6.45, 7) is 6.61. The minimum atomic E-state index is -0.358. The second-order valence-corrected chi connectivity index (χ2v) is 12.0. The van der Waals surface area contributed by atoms with Crippen molar-refractivity contribution in [2.24, 2.45) is 17.3 Å². The van der Waals surface area contributed by atoms with E-state index in [9.17, 15) is 10.1 Å². The number of nitro benzene ring substituents is 1. The highest BCUT2D eigenvalue weighted by Crippen LogP contribution is 2.61. The summed E-state index contributed by atoms with van der Waals surface area (Å²) in [6.07, 6.45) is 5.11. The number of hydrogen-bond acceptors (Lipinski definition) is 7. The fourth-order valence-corrected chi connectivity index (χ4v) is 7.26. The Balaban J connectivity index is 1.20. The highest BCUT2D eigenvalue weighted by molar-refractivity contribution is 7.96. The van der Waals surface area contributed by atoms with Gasteiger partial charge in [-0.15, -0.1) is 0 Å². The molecule has 2 aromatic carbocycles. The Kier molecular flexibility index (Phi) is 6.15. The Labute approximate surface area is 215 Å². The van der Waals surface area contributed by atoms with E-state index in [0.29, 0.717) is 29.4 Å². The third kappa shape index (κ3) is 4.26. The summed E-state index contributed by atoms with van der Waals surface area (Å²) in [5, 5.41) is 12.4. The van der Waals surface area contributed by atoms with Crippen molar-refractivity contribution in [3.63, 3.8) is 0 Å². The van der Waals surface area contributed by atoms with Gasteiger partial charge in [0.15, 0.2) is 0 Å². The van der Waals surface area contributed by atoms with Crippen molar-refractivity contribution in [1.82, 2.24) is 4.72 Å². The van der Waals surface area contributed by atoms with Crippen LogP contribution in [0.3, 0.4) is 0 Å². The van der Waals surface area contributed by atoms with Gasteiger partial charge in [-0.3, -0.25) is 14.8 Å². The number of rotatable bonds is 8. The number of fused-ring (bicyclic) bond motifs is 1. The van der Waals surface area contributed by atoms with Crippen LogP contribution < -0.4 is 4.72 Å². The highest BCUT2D eigenvalue weighted by Gasteiger charge is 2.62. The Morgan fingerprint density at radius 1 is 1.22 bits per heavy atom. The summed E-state index contributed by atoms with van der Waals surface area (Å²) >= 11 is 1.54. The van der Waals surface area contributed by atoms with Gasteiger partial charge in [0.1, 0.15) is 5.58 Å². The molecule has 7 rings (SSSR count). The Morgan fingerprint density at radius 2 is 2.06 bits per heavy atom. The minimum absolute atomic E-state index is 0.0956. The van der Waals surface area contributed by atoms with E-state index in [-0.39, 0.29) is 35.9 Å². The molecule has 3 saturated carbocycles. The average molecular weight is 506 g/mol. The van der Waals surface area contributed by atoms with Crippen LogP contribution in [0.1, 0.15) is 43.4 Å². The summed E-state index contributed by atoms with van der Waals surface area (Å²) in [4.78, 5) is 10.9. The summed E-state index contributed by atoms with van der Waals surface area (Å²) in [7, 11) is -0.358. The first kappa shape index (κ1) is 24.0. The Hall–Kier alpha value is -2.33. The summed E-state index contributed by atoms with van der Waals surface area (Å²) in [5.41, 5.74) is 4.22. The predicted molar refractivity (Wildman–Crippen MR) is 141 cm³/mol. The van der Waals surface area contributed by atoms with Gasteiger partial charge in [0, 0.05) is 23.3 Å². The zero-order valence-corrected chi connectivity index (χ0v) is 21.6. The van der Waals surface area contributed by atoms with Crippen LogP contribution in [-0.4, -0.2) is 30.2 Å². The third-order valence-corrected chi connectivity index (χ3v) is 9.51. The smallest absolute Gasteiger partial charge is 0.464 e. The standard InChI is InChI=1S/C27H31BN2O5S/c1-16-8-17(10-20(9-16)30(31)32)15-36-29-25(11-18-14-33-23-7-5-4-6-21(18)23)28-34-24-13-19-12-22(26(24)35-28)27(19,2)3/h4-10,14,19,22,24-26,29H,11-13,15H2,1-3H3. The van der Waals surface area contributed by atoms with Gasteiger partial charge < -0.3 is 13.7 Å². The molecule has 36 heavy (non-hydrogen) atoms. The maximum atomic E-state index is 11.3.